The van der Waals surface area contributed by atoms with Crippen molar-refractivity contribution in [2.45, 2.75) is 26.7 Å². The summed E-state index contributed by atoms with van der Waals surface area (Å²) in [6.07, 6.45) is 0. The van der Waals surface area contributed by atoms with Gasteiger partial charge in [0, 0.05) is 12.5 Å². The molecule has 0 unspecified atom stereocenters. The predicted molar refractivity (Wildman–Crippen MR) is 51.4 cm³/mol. The van der Waals surface area contributed by atoms with Crippen LogP contribution in [0.1, 0.15) is 29.5 Å². The van der Waals surface area contributed by atoms with Crippen LogP contribution in [0.4, 0.5) is 0 Å². The Morgan fingerprint density at radius 1 is 1.25 bits per heavy atom. The lowest BCUT2D eigenvalue weighted by Gasteiger charge is -2.14. The van der Waals surface area contributed by atoms with E-state index in [0.29, 0.717) is 0 Å². The van der Waals surface area contributed by atoms with Gasteiger partial charge in [-0.05, 0) is 30.5 Å². The van der Waals surface area contributed by atoms with Crippen LogP contribution < -0.4 is 0 Å². The van der Waals surface area contributed by atoms with Gasteiger partial charge in [0.05, 0.1) is 0 Å². The second-order valence-electron chi connectivity index (χ2n) is 3.39. The molecule has 0 fully saturated rings. The van der Waals surface area contributed by atoms with Crippen molar-refractivity contribution in [1.29, 1.82) is 0 Å². The largest absolute Gasteiger partial charge is 0.396 e. The molecule has 1 nitrogen and oxygen atoms in total. The average Bonchev–Trinajstić information content (AvgIpc) is 2.03. The van der Waals surface area contributed by atoms with Gasteiger partial charge in [-0.3, -0.25) is 0 Å². The lowest BCUT2D eigenvalue weighted by molar-refractivity contribution is 0.272. The van der Waals surface area contributed by atoms with E-state index in [1.807, 2.05) is 0 Å². The van der Waals surface area contributed by atoms with Crippen LogP contribution in [0.15, 0.2) is 18.2 Å². The van der Waals surface area contributed by atoms with Crippen LogP contribution in [-0.2, 0) is 0 Å². The number of rotatable bonds is 2. The van der Waals surface area contributed by atoms with Gasteiger partial charge < -0.3 is 5.11 Å². The second kappa shape index (κ2) is 3.72. The van der Waals surface area contributed by atoms with E-state index in [4.69, 9.17) is 5.11 Å². The van der Waals surface area contributed by atoms with Crippen LogP contribution in [-0.4, -0.2) is 11.7 Å². The number of aryl methyl sites for hydroxylation is 2. The highest BCUT2D eigenvalue weighted by Gasteiger charge is 2.08. The summed E-state index contributed by atoms with van der Waals surface area (Å²) in [7, 11) is 0. The third-order valence-electron chi connectivity index (χ3n) is 2.31. The molecular formula is C11H16O. The van der Waals surface area contributed by atoms with Crippen LogP contribution in [0.5, 0.6) is 0 Å². The maximum absolute atomic E-state index is 9.04. The average molecular weight is 164 g/mol. The van der Waals surface area contributed by atoms with Crippen LogP contribution in [0.2, 0.25) is 0 Å². The normalized spacial score (nSPS) is 13.0. The van der Waals surface area contributed by atoms with E-state index in [1.165, 1.54) is 16.7 Å². The van der Waals surface area contributed by atoms with Gasteiger partial charge >= 0.3 is 0 Å². The van der Waals surface area contributed by atoms with Crippen LogP contribution in [0, 0.1) is 13.8 Å². The minimum atomic E-state index is 0.228. The highest BCUT2D eigenvalue weighted by Crippen LogP contribution is 2.22. The molecule has 0 radical (unpaired) electrons. The number of hydrogen-bond donors (Lipinski definition) is 1. The Hall–Kier alpha value is -0.820. The van der Waals surface area contributed by atoms with E-state index in [9.17, 15) is 0 Å². The first-order chi connectivity index (χ1) is 5.66. The van der Waals surface area contributed by atoms with E-state index in [0.717, 1.165) is 0 Å². The second-order valence-corrected chi connectivity index (χ2v) is 3.39. The monoisotopic (exact) mass is 164 g/mol. The minimum absolute atomic E-state index is 0.228. The fourth-order valence-electron chi connectivity index (χ4n) is 1.70. The molecular weight excluding hydrogens is 148 g/mol. The first-order valence-corrected chi connectivity index (χ1v) is 4.33. The Morgan fingerprint density at radius 2 is 1.75 bits per heavy atom. The van der Waals surface area contributed by atoms with Gasteiger partial charge in [0.25, 0.3) is 0 Å². The summed E-state index contributed by atoms with van der Waals surface area (Å²) in [6.45, 7) is 6.46. The maximum atomic E-state index is 9.04. The van der Waals surface area contributed by atoms with E-state index in [-0.39, 0.29) is 12.5 Å². The summed E-state index contributed by atoms with van der Waals surface area (Å²) >= 11 is 0. The van der Waals surface area contributed by atoms with Crippen molar-refractivity contribution in [3.05, 3.63) is 34.9 Å². The Kier molecular flexibility index (Phi) is 2.88. The highest BCUT2D eigenvalue weighted by molar-refractivity contribution is 5.36. The molecule has 1 atom stereocenters. The summed E-state index contributed by atoms with van der Waals surface area (Å²) in [4.78, 5) is 0. The molecule has 1 aromatic carbocycles. The first-order valence-electron chi connectivity index (χ1n) is 4.33. The fourth-order valence-corrected chi connectivity index (χ4v) is 1.70. The molecule has 66 valence electrons. The lowest BCUT2D eigenvalue weighted by atomic mass is 9.93. The smallest absolute Gasteiger partial charge is 0.0497 e. The van der Waals surface area contributed by atoms with Crippen molar-refractivity contribution in [1.82, 2.24) is 0 Å². The van der Waals surface area contributed by atoms with Gasteiger partial charge in [-0.25, -0.2) is 0 Å². The number of hydrogen-bond acceptors (Lipinski definition) is 1. The summed E-state index contributed by atoms with van der Waals surface area (Å²) in [5, 5.41) is 9.04. The van der Waals surface area contributed by atoms with Crippen molar-refractivity contribution in [3.63, 3.8) is 0 Å². The van der Waals surface area contributed by atoms with Gasteiger partial charge in [0.2, 0.25) is 0 Å². The molecule has 0 aliphatic heterocycles. The maximum Gasteiger partial charge on any atom is 0.0497 e. The van der Waals surface area contributed by atoms with E-state index in [2.05, 4.69) is 39.0 Å². The van der Waals surface area contributed by atoms with Crippen molar-refractivity contribution >= 4 is 0 Å². The summed E-state index contributed by atoms with van der Waals surface area (Å²) in [5.41, 5.74) is 3.84. The molecule has 0 heterocycles. The van der Waals surface area contributed by atoms with Gasteiger partial charge in [0.15, 0.2) is 0 Å². The molecule has 1 rings (SSSR count). The Morgan fingerprint density at radius 3 is 2.17 bits per heavy atom. The van der Waals surface area contributed by atoms with Crippen LogP contribution in [0.25, 0.3) is 0 Å². The van der Waals surface area contributed by atoms with E-state index in [1.54, 1.807) is 0 Å². The molecule has 0 aromatic heterocycles. The van der Waals surface area contributed by atoms with E-state index < -0.39 is 0 Å². The molecule has 1 aromatic rings. The van der Waals surface area contributed by atoms with Crippen molar-refractivity contribution in [2.24, 2.45) is 0 Å². The molecule has 12 heavy (non-hydrogen) atoms. The van der Waals surface area contributed by atoms with Gasteiger partial charge in [-0.1, -0.05) is 25.1 Å². The number of aliphatic hydroxyl groups is 1. The van der Waals surface area contributed by atoms with Crippen molar-refractivity contribution < 1.29 is 5.11 Å². The number of benzene rings is 1. The third-order valence-corrected chi connectivity index (χ3v) is 2.31. The molecule has 0 aliphatic rings. The zero-order valence-corrected chi connectivity index (χ0v) is 7.96. The van der Waals surface area contributed by atoms with Gasteiger partial charge in [0.1, 0.15) is 0 Å². The van der Waals surface area contributed by atoms with Crippen molar-refractivity contribution in [3.8, 4) is 0 Å². The zero-order chi connectivity index (χ0) is 9.14. The molecule has 0 spiro atoms. The number of aliphatic hydroxyl groups excluding tert-OH is 1. The Labute approximate surface area is 74.1 Å². The minimum Gasteiger partial charge on any atom is -0.396 e. The van der Waals surface area contributed by atoms with E-state index >= 15 is 0 Å². The molecule has 1 N–H and O–H groups in total. The quantitative estimate of drug-likeness (QED) is 0.711. The first kappa shape index (κ1) is 9.27. The predicted octanol–water partition coefficient (Wildman–Crippen LogP) is 2.40. The highest BCUT2D eigenvalue weighted by atomic mass is 16.3. The van der Waals surface area contributed by atoms with Gasteiger partial charge in [-0.2, -0.15) is 0 Å². The summed E-state index contributed by atoms with van der Waals surface area (Å²) in [5.74, 6) is 0.256. The lowest BCUT2D eigenvalue weighted by Crippen LogP contribution is -2.03. The Balaban J connectivity index is 3.12. The zero-order valence-electron chi connectivity index (χ0n) is 7.96. The summed E-state index contributed by atoms with van der Waals surface area (Å²) < 4.78 is 0. The Bertz CT molecular complexity index is 245. The third kappa shape index (κ3) is 1.67. The van der Waals surface area contributed by atoms with Crippen LogP contribution in [0.3, 0.4) is 0 Å². The molecule has 0 bridgehead atoms. The van der Waals surface area contributed by atoms with Gasteiger partial charge in [-0.15, -0.1) is 0 Å². The van der Waals surface area contributed by atoms with Crippen molar-refractivity contribution in [2.75, 3.05) is 6.61 Å². The molecule has 0 saturated carbocycles. The molecule has 1 heteroatoms. The van der Waals surface area contributed by atoms with Crippen LogP contribution >= 0.6 is 0 Å². The molecule has 0 aliphatic carbocycles. The summed E-state index contributed by atoms with van der Waals surface area (Å²) in [6, 6.07) is 6.24. The standard InChI is InChI=1S/C11H16O/c1-8-5-4-6-9(2)11(8)10(3)7-12/h4-6,10,12H,7H2,1-3H3/t10-/m1/s1. The topological polar surface area (TPSA) is 20.2 Å². The molecule has 0 saturated heterocycles. The SMILES string of the molecule is Cc1cccc(C)c1[C@H](C)CO. The fraction of sp³-hybridized carbons (Fsp3) is 0.455. The molecule has 0 amide bonds.